The first-order valence-corrected chi connectivity index (χ1v) is 10.3. The summed E-state index contributed by atoms with van der Waals surface area (Å²) >= 11 is 0. The minimum absolute atomic E-state index is 0.338. The van der Waals surface area contributed by atoms with Gasteiger partial charge in [0.1, 0.15) is 12.0 Å². The molecular formula is C21H30FN5O2. The highest BCUT2D eigenvalue weighted by Crippen LogP contribution is 2.36. The molecule has 2 aliphatic rings. The van der Waals surface area contributed by atoms with Crippen molar-refractivity contribution >= 4 is 22.7 Å². The van der Waals surface area contributed by atoms with Crippen molar-refractivity contribution in [3.63, 3.8) is 0 Å². The summed E-state index contributed by atoms with van der Waals surface area (Å²) in [4.78, 5) is 13.8. The number of nitrogens with one attached hydrogen (secondary N) is 1. The molecule has 4 rings (SSSR count). The fourth-order valence-corrected chi connectivity index (χ4v) is 4.04. The fraction of sp³-hybridized carbons (Fsp3) is 0.619. The highest BCUT2D eigenvalue weighted by atomic mass is 19.1. The lowest BCUT2D eigenvalue weighted by Gasteiger charge is -2.36. The van der Waals surface area contributed by atoms with E-state index in [-0.39, 0.29) is 0 Å². The maximum Gasteiger partial charge on any atom is 0.228 e. The standard InChI is InChI=1S/C21H30FN5O2/c1-13(2)26-7-5-15(6-8-26)23-20-16-9-18(28-3)19(29-4)10-17(16)24-21(25-20)27-11-14(22)12-27/h9-10,13-15H,5-8,11-12H2,1-4H3,(H,23,24,25). The van der Waals surface area contributed by atoms with Gasteiger partial charge in [-0.3, -0.25) is 0 Å². The zero-order valence-electron chi connectivity index (χ0n) is 17.6. The maximum absolute atomic E-state index is 13.4. The normalized spacial score (nSPS) is 18.9. The first kappa shape index (κ1) is 19.9. The largest absolute Gasteiger partial charge is 0.493 e. The molecule has 1 aromatic heterocycles. The molecular weight excluding hydrogens is 373 g/mol. The van der Waals surface area contributed by atoms with E-state index >= 15 is 0 Å². The Morgan fingerprint density at radius 2 is 1.72 bits per heavy atom. The molecule has 1 N–H and O–H groups in total. The van der Waals surface area contributed by atoms with E-state index in [1.54, 1.807) is 14.2 Å². The van der Waals surface area contributed by atoms with E-state index in [0.717, 1.165) is 42.7 Å². The van der Waals surface area contributed by atoms with Gasteiger partial charge in [0, 0.05) is 36.6 Å². The van der Waals surface area contributed by atoms with Gasteiger partial charge < -0.3 is 24.6 Å². The number of piperidine rings is 1. The molecule has 0 saturated carbocycles. The van der Waals surface area contributed by atoms with Crippen LogP contribution in [0.1, 0.15) is 26.7 Å². The highest BCUT2D eigenvalue weighted by Gasteiger charge is 2.30. The Bertz CT molecular complexity index is 864. The number of rotatable bonds is 6. The van der Waals surface area contributed by atoms with Crippen molar-refractivity contribution in [2.75, 3.05) is 50.6 Å². The van der Waals surface area contributed by atoms with Crippen LogP contribution >= 0.6 is 0 Å². The third-order valence-corrected chi connectivity index (χ3v) is 5.91. The second-order valence-electron chi connectivity index (χ2n) is 8.15. The van der Waals surface area contributed by atoms with Gasteiger partial charge in [-0.1, -0.05) is 0 Å². The Kier molecular flexibility index (Phi) is 5.63. The highest BCUT2D eigenvalue weighted by molar-refractivity contribution is 5.93. The Labute approximate surface area is 171 Å². The van der Waals surface area contributed by atoms with Crippen molar-refractivity contribution in [2.45, 2.75) is 44.9 Å². The molecule has 1 aromatic carbocycles. The number of methoxy groups -OCH3 is 2. The quantitative estimate of drug-likeness (QED) is 0.795. The van der Waals surface area contributed by atoms with E-state index < -0.39 is 6.17 Å². The molecule has 0 spiro atoms. The van der Waals surface area contributed by atoms with Crippen LogP contribution in [0, 0.1) is 0 Å². The smallest absolute Gasteiger partial charge is 0.228 e. The number of hydrogen-bond acceptors (Lipinski definition) is 7. The summed E-state index contributed by atoms with van der Waals surface area (Å²) in [6.45, 7) is 7.29. The van der Waals surface area contributed by atoms with E-state index in [2.05, 4.69) is 29.0 Å². The first-order valence-electron chi connectivity index (χ1n) is 10.3. The number of fused-ring (bicyclic) bond motifs is 1. The number of benzene rings is 1. The second-order valence-corrected chi connectivity index (χ2v) is 8.15. The molecule has 158 valence electrons. The average molecular weight is 404 g/mol. The molecule has 8 heteroatoms. The molecule has 29 heavy (non-hydrogen) atoms. The number of hydrogen-bond donors (Lipinski definition) is 1. The Hall–Kier alpha value is -2.35. The molecule has 0 radical (unpaired) electrons. The number of nitrogens with zero attached hydrogens (tertiary/aromatic N) is 4. The minimum Gasteiger partial charge on any atom is -0.493 e. The monoisotopic (exact) mass is 403 g/mol. The molecule has 2 fully saturated rings. The molecule has 0 amide bonds. The SMILES string of the molecule is COc1cc2nc(N3CC(F)C3)nc(NC3CCN(C(C)C)CC3)c2cc1OC. The van der Waals surface area contributed by atoms with Gasteiger partial charge in [0.25, 0.3) is 0 Å². The number of halogens is 1. The van der Waals surface area contributed by atoms with Gasteiger partial charge in [0.2, 0.25) is 5.95 Å². The molecule has 0 unspecified atom stereocenters. The van der Waals surface area contributed by atoms with Gasteiger partial charge in [-0.25, -0.2) is 9.37 Å². The van der Waals surface area contributed by atoms with Crippen molar-refractivity contribution in [2.24, 2.45) is 0 Å². The zero-order valence-corrected chi connectivity index (χ0v) is 17.6. The zero-order chi connectivity index (χ0) is 20.5. The Morgan fingerprint density at radius 1 is 1.07 bits per heavy atom. The lowest BCUT2D eigenvalue weighted by Crippen LogP contribution is -2.49. The molecule has 7 nitrogen and oxygen atoms in total. The molecule has 3 heterocycles. The van der Waals surface area contributed by atoms with E-state index in [1.165, 1.54) is 0 Å². The van der Waals surface area contributed by atoms with Gasteiger partial charge in [-0.15, -0.1) is 0 Å². The topological polar surface area (TPSA) is 62.8 Å². The number of anilines is 2. The van der Waals surface area contributed by atoms with Crippen LogP contribution in [-0.4, -0.2) is 73.5 Å². The summed E-state index contributed by atoms with van der Waals surface area (Å²) in [7, 11) is 3.23. The summed E-state index contributed by atoms with van der Waals surface area (Å²) in [6, 6.07) is 4.68. The minimum atomic E-state index is -0.809. The van der Waals surface area contributed by atoms with Crippen LogP contribution in [0.15, 0.2) is 12.1 Å². The number of alkyl halides is 1. The van der Waals surface area contributed by atoms with Crippen LogP contribution in [0.25, 0.3) is 10.9 Å². The number of aromatic nitrogens is 2. The predicted octanol–water partition coefficient (Wildman–Crippen LogP) is 3.09. The average Bonchev–Trinajstić information content (AvgIpc) is 2.70. The Morgan fingerprint density at radius 3 is 2.31 bits per heavy atom. The van der Waals surface area contributed by atoms with Crippen molar-refractivity contribution in [3.05, 3.63) is 12.1 Å². The molecule has 0 bridgehead atoms. The van der Waals surface area contributed by atoms with Crippen molar-refractivity contribution < 1.29 is 13.9 Å². The van der Waals surface area contributed by atoms with Gasteiger partial charge in [-0.05, 0) is 32.8 Å². The Balaban J connectivity index is 1.66. The van der Waals surface area contributed by atoms with Gasteiger partial charge in [0.05, 0.1) is 32.8 Å². The molecule has 0 aliphatic carbocycles. The third kappa shape index (κ3) is 4.03. The second kappa shape index (κ2) is 8.18. The number of likely N-dealkylation sites (tertiary alicyclic amines) is 1. The molecule has 2 saturated heterocycles. The predicted molar refractivity (Wildman–Crippen MR) is 113 cm³/mol. The first-order chi connectivity index (χ1) is 14.0. The van der Waals surface area contributed by atoms with Gasteiger partial charge in [0.15, 0.2) is 11.5 Å². The fourth-order valence-electron chi connectivity index (χ4n) is 4.04. The van der Waals surface area contributed by atoms with E-state index in [1.807, 2.05) is 17.0 Å². The lowest BCUT2D eigenvalue weighted by atomic mass is 10.0. The van der Waals surface area contributed by atoms with Crippen LogP contribution in [0.2, 0.25) is 0 Å². The molecule has 2 aromatic rings. The summed E-state index contributed by atoms with van der Waals surface area (Å²) < 4.78 is 24.3. The van der Waals surface area contributed by atoms with Crippen LogP contribution in [0.4, 0.5) is 16.2 Å². The van der Waals surface area contributed by atoms with Crippen LogP contribution in [-0.2, 0) is 0 Å². The number of ether oxygens (including phenoxy) is 2. The maximum atomic E-state index is 13.4. The third-order valence-electron chi connectivity index (χ3n) is 5.91. The van der Waals surface area contributed by atoms with Crippen LogP contribution < -0.4 is 19.7 Å². The van der Waals surface area contributed by atoms with Crippen LogP contribution in [0.5, 0.6) is 11.5 Å². The summed E-state index contributed by atoms with van der Waals surface area (Å²) in [5.74, 6) is 2.59. The molecule has 0 atom stereocenters. The summed E-state index contributed by atoms with van der Waals surface area (Å²) in [6.07, 6.45) is 1.31. The van der Waals surface area contributed by atoms with Gasteiger partial charge >= 0.3 is 0 Å². The van der Waals surface area contributed by atoms with E-state index in [4.69, 9.17) is 14.5 Å². The van der Waals surface area contributed by atoms with E-state index in [0.29, 0.717) is 42.6 Å². The summed E-state index contributed by atoms with van der Waals surface area (Å²) in [5, 5.41) is 4.52. The van der Waals surface area contributed by atoms with Crippen molar-refractivity contribution in [1.29, 1.82) is 0 Å². The van der Waals surface area contributed by atoms with Crippen molar-refractivity contribution in [3.8, 4) is 11.5 Å². The lowest BCUT2D eigenvalue weighted by molar-refractivity contribution is 0.177. The summed E-state index contributed by atoms with van der Waals surface area (Å²) in [5.41, 5.74) is 0.761. The van der Waals surface area contributed by atoms with Crippen LogP contribution in [0.3, 0.4) is 0 Å². The van der Waals surface area contributed by atoms with E-state index in [9.17, 15) is 4.39 Å². The molecule has 2 aliphatic heterocycles. The van der Waals surface area contributed by atoms with Gasteiger partial charge in [-0.2, -0.15) is 4.98 Å². The van der Waals surface area contributed by atoms with Crippen molar-refractivity contribution in [1.82, 2.24) is 14.9 Å².